The standard InChI is InChI=1S/C21H22N4O5/c1-3-24(21(28)12-7-16-5-4-6-19(13-16)25(29)30)14-20(27)23-18-10-8-17(9-11-18)22-15(2)26/h4-13H,3,14H2,1-2H3,(H,22,26)(H,23,27)/b12-7+. The molecule has 0 aliphatic rings. The molecule has 0 aliphatic heterocycles. The Morgan fingerprint density at radius 1 is 1.07 bits per heavy atom. The first kappa shape index (κ1) is 22.3. The van der Waals surface area contributed by atoms with Gasteiger partial charge < -0.3 is 15.5 Å². The van der Waals surface area contributed by atoms with Crippen LogP contribution in [0.2, 0.25) is 0 Å². The lowest BCUT2D eigenvalue weighted by atomic mass is 10.2. The number of likely N-dealkylation sites (N-methyl/N-ethyl adjacent to an activating group) is 1. The lowest BCUT2D eigenvalue weighted by molar-refractivity contribution is -0.384. The first-order valence-corrected chi connectivity index (χ1v) is 9.17. The van der Waals surface area contributed by atoms with Crippen LogP contribution in [0.3, 0.4) is 0 Å². The minimum absolute atomic E-state index is 0.0687. The summed E-state index contributed by atoms with van der Waals surface area (Å²) >= 11 is 0. The van der Waals surface area contributed by atoms with Crippen LogP contribution in [0.1, 0.15) is 19.4 Å². The summed E-state index contributed by atoms with van der Waals surface area (Å²) in [5.41, 5.74) is 1.58. The number of nitro benzene ring substituents is 1. The van der Waals surface area contributed by atoms with Crippen molar-refractivity contribution in [1.29, 1.82) is 0 Å². The van der Waals surface area contributed by atoms with E-state index in [1.165, 1.54) is 42.2 Å². The van der Waals surface area contributed by atoms with Crippen molar-refractivity contribution in [3.05, 3.63) is 70.3 Å². The number of hydrogen-bond acceptors (Lipinski definition) is 5. The number of amides is 3. The average Bonchev–Trinajstić information content (AvgIpc) is 2.71. The highest BCUT2D eigenvalue weighted by atomic mass is 16.6. The van der Waals surface area contributed by atoms with E-state index in [1.807, 2.05) is 0 Å². The van der Waals surface area contributed by atoms with Crippen LogP contribution in [0, 0.1) is 10.1 Å². The molecule has 0 radical (unpaired) electrons. The highest BCUT2D eigenvalue weighted by molar-refractivity contribution is 5.98. The van der Waals surface area contributed by atoms with E-state index in [2.05, 4.69) is 10.6 Å². The minimum atomic E-state index is -0.509. The molecule has 9 heteroatoms. The third-order valence-corrected chi connectivity index (χ3v) is 4.02. The maximum atomic E-state index is 12.4. The number of nitrogens with one attached hydrogen (secondary N) is 2. The van der Waals surface area contributed by atoms with E-state index in [1.54, 1.807) is 37.3 Å². The highest BCUT2D eigenvalue weighted by Crippen LogP contribution is 2.15. The smallest absolute Gasteiger partial charge is 0.270 e. The fourth-order valence-corrected chi connectivity index (χ4v) is 2.57. The predicted molar refractivity (Wildman–Crippen MR) is 114 cm³/mol. The molecule has 2 aromatic carbocycles. The number of non-ortho nitro benzene ring substituents is 1. The quantitative estimate of drug-likeness (QED) is 0.393. The number of carbonyl (C=O) groups excluding carboxylic acids is 3. The summed E-state index contributed by atoms with van der Waals surface area (Å²) < 4.78 is 0. The topological polar surface area (TPSA) is 122 Å². The largest absolute Gasteiger partial charge is 0.330 e. The normalized spacial score (nSPS) is 10.5. The van der Waals surface area contributed by atoms with Crippen molar-refractivity contribution in [2.24, 2.45) is 0 Å². The molecule has 2 N–H and O–H groups in total. The lowest BCUT2D eigenvalue weighted by Crippen LogP contribution is -2.36. The van der Waals surface area contributed by atoms with Gasteiger partial charge >= 0.3 is 0 Å². The molecule has 9 nitrogen and oxygen atoms in total. The first-order valence-electron chi connectivity index (χ1n) is 9.17. The number of benzene rings is 2. The SMILES string of the molecule is CCN(CC(=O)Nc1ccc(NC(C)=O)cc1)C(=O)/C=C/c1cccc([N+](=O)[O-])c1. The summed E-state index contributed by atoms with van der Waals surface area (Å²) in [4.78, 5) is 47.3. The van der Waals surface area contributed by atoms with E-state index < -0.39 is 4.92 Å². The van der Waals surface area contributed by atoms with Crippen molar-refractivity contribution in [3.63, 3.8) is 0 Å². The number of nitrogens with zero attached hydrogens (tertiary/aromatic N) is 2. The molecule has 0 aromatic heterocycles. The van der Waals surface area contributed by atoms with Crippen LogP contribution in [0.4, 0.5) is 17.1 Å². The molecule has 30 heavy (non-hydrogen) atoms. The Bertz CT molecular complexity index is 970. The van der Waals surface area contributed by atoms with Gasteiger partial charge in [0.2, 0.25) is 17.7 Å². The van der Waals surface area contributed by atoms with Gasteiger partial charge in [-0.25, -0.2) is 0 Å². The van der Waals surface area contributed by atoms with Crippen molar-refractivity contribution in [2.75, 3.05) is 23.7 Å². The van der Waals surface area contributed by atoms with E-state index >= 15 is 0 Å². The zero-order valence-corrected chi connectivity index (χ0v) is 16.6. The molecule has 2 rings (SSSR count). The zero-order chi connectivity index (χ0) is 22.1. The van der Waals surface area contributed by atoms with Crippen molar-refractivity contribution in [3.8, 4) is 0 Å². The van der Waals surface area contributed by atoms with Crippen LogP contribution in [-0.4, -0.2) is 40.6 Å². The second-order valence-corrected chi connectivity index (χ2v) is 6.34. The number of rotatable bonds is 8. The monoisotopic (exact) mass is 410 g/mol. The Hall–Kier alpha value is -4.01. The summed E-state index contributed by atoms with van der Waals surface area (Å²) in [5.74, 6) is -0.955. The first-order chi connectivity index (χ1) is 14.3. The lowest BCUT2D eigenvalue weighted by Gasteiger charge is -2.18. The fraction of sp³-hybridized carbons (Fsp3) is 0.190. The molecule has 2 aromatic rings. The van der Waals surface area contributed by atoms with Crippen LogP contribution in [0.5, 0.6) is 0 Å². The number of nitro groups is 1. The molecular weight excluding hydrogens is 388 g/mol. The van der Waals surface area contributed by atoms with Gasteiger partial charge in [0.15, 0.2) is 0 Å². The summed E-state index contributed by atoms with van der Waals surface area (Å²) in [7, 11) is 0. The van der Waals surface area contributed by atoms with E-state index in [0.29, 0.717) is 23.5 Å². The van der Waals surface area contributed by atoms with Gasteiger partial charge in [-0.05, 0) is 42.8 Å². The molecule has 0 heterocycles. The Labute approximate surface area is 173 Å². The molecule has 0 fully saturated rings. The Kier molecular flexibility index (Phi) is 7.81. The van der Waals surface area contributed by atoms with E-state index in [9.17, 15) is 24.5 Å². The molecule has 0 spiro atoms. The fourth-order valence-electron chi connectivity index (χ4n) is 2.57. The van der Waals surface area contributed by atoms with E-state index in [-0.39, 0.29) is 30.0 Å². The molecule has 3 amide bonds. The highest BCUT2D eigenvalue weighted by Gasteiger charge is 2.14. The average molecular weight is 410 g/mol. The number of carbonyl (C=O) groups is 3. The van der Waals surface area contributed by atoms with Crippen LogP contribution in [-0.2, 0) is 14.4 Å². The third-order valence-electron chi connectivity index (χ3n) is 4.02. The van der Waals surface area contributed by atoms with Gasteiger partial charge in [-0.15, -0.1) is 0 Å². The zero-order valence-electron chi connectivity index (χ0n) is 16.6. The summed E-state index contributed by atoms with van der Waals surface area (Å²) in [6.07, 6.45) is 2.74. The van der Waals surface area contributed by atoms with Crippen LogP contribution < -0.4 is 10.6 Å². The third kappa shape index (κ3) is 6.86. The predicted octanol–water partition coefficient (Wildman–Crippen LogP) is 3.05. The summed E-state index contributed by atoms with van der Waals surface area (Å²) in [5, 5.41) is 16.1. The van der Waals surface area contributed by atoms with Gasteiger partial charge in [0.05, 0.1) is 4.92 Å². The molecule has 0 unspecified atom stereocenters. The van der Waals surface area contributed by atoms with Crippen LogP contribution >= 0.6 is 0 Å². The van der Waals surface area contributed by atoms with Crippen LogP contribution in [0.15, 0.2) is 54.6 Å². The molecule has 0 atom stereocenters. The Morgan fingerprint density at radius 3 is 2.27 bits per heavy atom. The second kappa shape index (κ2) is 10.5. The van der Waals surface area contributed by atoms with Crippen molar-refractivity contribution < 1.29 is 19.3 Å². The van der Waals surface area contributed by atoms with Gasteiger partial charge in [-0.3, -0.25) is 24.5 Å². The van der Waals surface area contributed by atoms with Crippen molar-refractivity contribution in [2.45, 2.75) is 13.8 Å². The molecule has 0 bridgehead atoms. The molecule has 156 valence electrons. The van der Waals surface area contributed by atoms with E-state index in [0.717, 1.165) is 0 Å². The van der Waals surface area contributed by atoms with Gasteiger partial charge in [0.25, 0.3) is 5.69 Å². The van der Waals surface area contributed by atoms with Crippen LogP contribution in [0.25, 0.3) is 6.08 Å². The summed E-state index contributed by atoms with van der Waals surface area (Å²) in [6, 6.07) is 12.5. The Balaban J connectivity index is 1.95. The van der Waals surface area contributed by atoms with Gasteiger partial charge in [-0.2, -0.15) is 0 Å². The van der Waals surface area contributed by atoms with Crippen molar-refractivity contribution >= 4 is 40.9 Å². The second-order valence-electron chi connectivity index (χ2n) is 6.34. The Morgan fingerprint density at radius 2 is 1.70 bits per heavy atom. The maximum Gasteiger partial charge on any atom is 0.270 e. The number of anilines is 2. The van der Waals surface area contributed by atoms with Gasteiger partial charge in [0.1, 0.15) is 6.54 Å². The summed E-state index contributed by atoms with van der Waals surface area (Å²) in [6.45, 7) is 3.31. The maximum absolute atomic E-state index is 12.4. The van der Waals surface area contributed by atoms with Crippen molar-refractivity contribution in [1.82, 2.24) is 4.90 Å². The molecular formula is C21H22N4O5. The molecule has 0 saturated heterocycles. The molecule has 0 saturated carbocycles. The molecule has 0 aliphatic carbocycles. The minimum Gasteiger partial charge on any atom is -0.330 e. The van der Waals surface area contributed by atoms with Gasteiger partial charge in [0, 0.05) is 43.1 Å². The number of hydrogen-bond donors (Lipinski definition) is 2. The van der Waals surface area contributed by atoms with Gasteiger partial charge in [-0.1, -0.05) is 12.1 Å². The van der Waals surface area contributed by atoms with E-state index in [4.69, 9.17) is 0 Å².